The molecule has 0 aromatic heterocycles. The van der Waals surface area contributed by atoms with Crippen LogP contribution in [-0.2, 0) is 9.53 Å². The number of anilines is 3. The number of carbonyl (C=O) groups is 2. The Balaban J connectivity index is 1.75. The Labute approximate surface area is 239 Å². The lowest BCUT2D eigenvalue weighted by Gasteiger charge is -2.34. The van der Waals surface area contributed by atoms with Gasteiger partial charge in [-0.25, -0.2) is 4.79 Å². The van der Waals surface area contributed by atoms with Crippen molar-refractivity contribution < 1.29 is 19.4 Å². The highest BCUT2D eigenvalue weighted by atomic mass is 79.9. The van der Waals surface area contributed by atoms with E-state index in [2.05, 4.69) is 42.5 Å². The molecule has 38 heavy (non-hydrogen) atoms. The van der Waals surface area contributed by atoms with Crippen molar-refractivity contribution in [3.8, 4) is 5.75 Å². The number of phenolic OH excluding ortho intramolecular Hbond substituents is 1. The van der Waals surface area contributed by atoms with Crippen LogP contribution in [0.2, 0.25) is 0 Å². The number of ether oxygens (including phenoxy) is 1. The first kappa shape index (κ1) is 29.3. The summed E-state index contributed by atoms with van der Waals surface area (Å²) < 4.78 is 7.12. The van der Waals surface area contributed by atoms with Crippen molar-refractivity contribution in [3.05, 3.63) is 92.9 Å². The van der Waals surface area contributed by atoms with Gasteiger partial charge in [0.2, 0.25) is 5.91 Å². The van der Waals surface area contributed by atoms with Crippen LogP contribution in [0, 0.1) is 12.3 Å². The standard InChI is InChI=1S/C29H31Br2N3O4/c1-18-11-13-20(14-12-18)33-28(37)38-27(21-16-19(30)17-22(31)26(21)36)29(2,3)15-7-6-10-25(35)34-24-9-5-4-8-23(24)32/h4-6,8-14,16-17,27,36H,7,15,32H2,1-3H3,(H,33,37)(H,34,35)/b10-6+/t27-/m0/s1. The molecule has 1 atom stereocenters. The largest absolute Gasteiger partial charge is 0.506 e. The fourth-order valence-electron chi connectivity index (χ4n) is 3.88. The van der Waals surface area contributed by atoms with Crippen LogP contribution in [0.25, 0.3) is 0 Å². The molecule has 0 saturated carbocycles. The monoisotopic (exact) mass is 643 g/mol. The molecule has 0 unspecified atom stereocenters. The van der Waals surface area contributed by atoms with Crippen LogP contribution in [0.5, 0.6) is 5.75 Å². The molecule has 0 spiro atoms. The second kappa shape index (κ2) is 13.0. The molecule has 7 nitrogen and oxygen atoms in total. The third-order valence-corrected chi connectivity index (χ3v) is 7.08. The summed E-state index contributed by atoms with van der Waals surface area (Å²) >= 11 is 6.83. The number of hydrogen-bond donors (Lipinski definition) is 4. The molecule has 0 fully saturated rings. The van der Waals surface area contributed by atoms with E-state index in [1.807, 2.05) is 32.9 Å². The summed E-state index contributed by atoms with van der Waals surface area (Å²) in [5.41, 5.74) is 8.43. The molecule has 0 bridgehead atoms. The van der Waals surface area contributed by atoms with Crippen LogP contribution in [0.3, 0.4) is 0 Å². The number of rotatable bonds is 9. The van der Waals surface area contributed by atoms with Gasteiger partial charge in [0.15, 0.2) is 0 Å². The summed E-state index contributed by atoms with van der Waals surface area (Å²) in [5.74, 6) is -0.302. The minimum absolute atomic E-state index is 0.00946. The number of halogens is 2. The first-order valence-electron chi connectivity index (χ1n) is 12.0. The third kappa shape index (κ3) is 8.10. The van der Waals surface area contributed by atoms with Crippen molar-refractivity contribution in [2.75, 3.05) is 16.4 Å². The van der Waals surface area contributed by atoms with Gasteiger partial charge in [-0.1, -0.05) is 65.7 Å². The van der Waals surface area contributed by atoms with Gasteiger partial charge in [0.05, 0.1) is 15.8 Å². The maximum atomic E-state index is 12.9. The van der Waals surface area contributed by atoms with Gasteiger partial charge in [-0.15, -0.1) is 0 Å². The molecule has 200 valence electrons. The molecule has 3 aromatic carbocycles. The Hall–Kier alpha value is -3.30. The van der Waals surface area contributed by atoms with Gasteiger partial charge in [0, 0.05) is 21.1 Å². The molecule has 5 N–H and O–H groups in total. The number of carbonyl (C=O) groups excluding carboxylic acids is 2. The van der Waals surface area contributed by atoms with Crippen molar-refractivity contribution >= 4 is 60.9 Å². The second-order valence-electron chi connectivity index (χ2n) is 9.61. The number of hydrogen-bond acceptors (Lipinski definition) is 5. The fraction of sp³-hybridized carbons (Fsp3) is 0.241. The molecule has 2 amide bonds. The van der Waals surface area contributed by atoms with E-state index in [1.54, 1.807) is 54.6 Å². The van der Waals surface area contributed by atoms with E-state index in [0.29, 0.717) is 39.9 Å². The minimum Gasteiger partial charge on any atom is -0.506 e. The average molecular weight is 645 g/mol. The lowest BCUT2D eigenvalue weighted by Crippen LogP contribution is -2.29. The van der Waals surface area contributed by atoms with Crippen molar-refractivity contribution in [3.63, 3.8) is 0 Å². The number of nitrogen functional groups attached to an aromatic ring is 1. The predicted octanol–water partition coefficient (Wildman–Crippen LogP) is 8.10. The SMILES string of the molecule is Cc1ccc(NC(=O)O[C@@H](c2cc(Br)cc(Br)c2O)C(C)(C)CC/C=C/C(=O)Nc2ccccc2N)cc1. The molecule has 3 aromatic rings. The van der Waals surface area contributed by atoms with E-state index >= 15 is 0 Å². The maximum Gasteiger partial charge on any atom is 0.412 e. The van der Waals surface area contributed by atoms with Gasteiger partial charge in [-0.3, -0.25) is 10.1 Å². The molecule has 3 rings (SSSR count). The van der Waals surface area contributed by atoms with E-state index in [-0.39, 0.29) is 11.7 Å². The minimum atomic E-state index is -0.798. The van der Waals surface area contributed by atoms with Gasteiger partial charge in [0.1, 0.15) is 11.9 Å². The quantitative estimate of drug-likeness (QED) is 0.139. The zero-order chi connectivity index (χ0) is 27.9. The number of para-hydroxylation sites is 2. The smallest absolute Gasteiger partial charge is 0.412 e. The molecule has 0 radical (unpaired) electrons. The zero-order valence-electron chi connectivity index (χ0n) is 21.4. The van der Waals surface area contributed by atoms with Gasteiger partial charge in [-0.05, 0) is 78.2 Å². The van der Waals surface area contributed by atoms with Gasteiger partial charge in [-0.2, -0.15) is 0 Å². The van der Waals surface area contributed by atoms with Crippen LogP contribution in [-0.4, -0.2) is 17.1 Å². The Bertz CT molecular complexity index is 1320. The number of aryl methyl sites for hydroxylation is 1. The first-order valence-corrected chi connectivity index (χ1v) is 13.6. The van der Waals surface area contributed by atoms with E-state index < -0.39 is 17.6 Å². The summed E-state index contributed by atoms with van der Waals surface area (Å²) in [6.45, 7) is 5.86. The van der Waals surface area contributed by atoms with Gasteiger partial charge < -0.3 is 20.9 Å². The molecule has 0 aliphatic heterocycles. The number of phenols is 1. The Morgan fingerprint density at radius 1 is 1.08 bits per heavy atom. The lowest BCUT2D eigenvalue weighted by molar-refractivity contribution is -0.111. The second-order valence-corrected chi connectivity index (χ2v) is 11.4. The van der Waals surface area contributed by atoms with Crippen molar-refractivity contribution in [2.45, 2.75) is 39.7 Å². The first-order chi connectivity index (χ1) is 18.0. The molecule has 9 heteroatoms. The number of nitrogens with two attached hydrogens (primary N) is 1. The fourth-order valence-corrected chi connectivity index (χ4v) is 5.14. The van der Waals surface area contributed by atoms with Crippen LogP contribution in [0.15, 0.2) is 81.8 Å². The van der Waals surface area contributed by atoms with Crippen LogP contribution in [0.1, 0.15) is 43.9 Å². The van der Waals surface area contributed by atoms with Gasteiger partial charge >= 0.3 is 6.09 Å². The van der Waals surface area contributed by atoms with E-state index in [1.165, 1.54) is 6.08 Å². The molecule has 0 heterocycles. The van der Waals surface area contributed by atoms with Crippen molar-refractivity contribution in [1.82, 2.24) is 0 Å². The summed E-state index contributed by atoms with van der Waals surface area (Å²) in [6.07, 6.45) is 2.86. The Morgan fingerprint density at radius 2 is 1.76 bits per heavy atom. The summed E-state index contributed by atoms with van der Waals surface area (Å²) in [4.78, 5) is 25.2. The Morgan fingerprint density at radius 3 is 2.45 bits per heavy atom. The normalized spacial score (nSPS) is 12.2. The highest BCUT2D eigenvalue weighted by Gasteiger charge is 2.36. The van der Waals surface area contributed by atoms with E-state index in [9.17, 15) is 14.7 Å². The van der Waals surface area contributed by atoms with E-state index in [4.69, 9.17) is 10.5 Å². The van der Waals surface area contributed by atoms with Crippen molar-refractivity contribution in [2.24, 2.45) is 5.41 Å². The molecular formula is C29H31Br2N3O4. The maximum absolute atomic E-state index is 12.9. The zero-order valence-corrected chi connectivity index (χ0v) is 24.6. The summed E-state index contributed by atoms with van der Waals surface area (Å²) in [7, 11) is 0. The summed E-state index contributed by atoms with van der Waals surface area (Å²) in [6, 6.07) is 17.9. The highest BCUT2D eigenvalue weighted by molar-refractivity contribution is 9.11. The molecule has 0 aliphatic carbocycles. The number of benzene rings is 3. The molecule has 0 aliphatic rings. The van der Waals surface area contributed by atoms with Crippen LogP contribution < -0.4 is 16.4 Å². The third-order valence-electron chi connectivity index (χ3n) is 6.02. The molecular weight excluding hydrogens is 614 g/mol. The number of amides is 2. The van der Waals surface area contributed by atoms with Crippen molar-refractivity contribution in [1.29, 1.82) is 0 Å². The number of allylic oxidation sites excluding steroid dienone is 1. The topological polar surface area (TPSA) is 114 Å². The van der Waals surface area contributed by atoms with Crippen LogP contribution in [0.4, 0.5) is 21.9 Å². The van der Waals surface area contributed by atoms with E-state index in [0.717, 1.165) is 10.0 Å². The number of aromatic hydroxyl groups is 1. The molecule has 0 saturated heterocycles. The predicted molar refractivity (Wildman–Crippen MR) is 159 cm³/mol. The highest BCUT2D eigenvalue weighted by Crippen LogP contribution is 2.46. The number of nitrogens with one attached hydrogen (secondary N) is 2. The van der Waals surface area contributed by atoms with Gasteiger partial charge in [0.25, 0.3) is 0 Å². The lowest BCUT2D eigenvalue weighted by atomic mass is 9.78. The summed E-state index contributed by atoms with van der Waals surface area (Å²) in [5, 5.41) is 16.4. The average Bonchev–Trinajstić information content (AvgIpc) is 2.85. The Kier molecular flexibility index (Phi) is 9.99. The van der Waals surface area contributed by atoms with Crippen LogP contribution >= 0.6 is 31.9 Å².